The maximum Gasteiger partial charge on any atom is 0.262 e. The number of nitrogens with one attached hydrogen (secondary N) is 2. The number of halogens is 1. The van der Waals surface area contributed by atoms with E-state index in [9.17, 15) is 13.2 Å². The number of benzene rings is 2. The van der Waals surface area contributed by atoms with Crippen LogP contribution in [0, 0.1) is 6.92 Å². The molecule has 1 amide bonds. The summed E-state index contributed by atoms with van der Waals surface area (Å²) in [6.07, 6.45) is 0. The summed E-state index contributed by atoms with van der Waals surface area (Å²) in [6, 6.07) is 11.2. The first kappa shape index (κ1) is 18.7. The number of nitrogens with zero attached hydrogens (tertiary/aromatic N) is 1. The van der Waals surface area contributed by atoms with Gasteiger partial charge in [0.1, 0.15) is 0 Å². The Morgan fingerprint density at radius 2 is 1.88 bits per heavy atom. The second-order valence-corrected chi connectivity index (χ2v) is 8.23. The Morgan fingerprint density at radius 3 is 2.58 bits per heavy atom. The molecule has 2 N–H and O–H groups in total. The largest absolute Gasteiger partial charge is 0.336 e. The molecule has 0 unspecified atom stereocenters. The highest BCUT2D eigenvalue weighted by Crippen LogP contribution is 2.23. The number of sulfonamides is 1. The Labute approximate surface area is 158 Å². The summed E-state index contributed by atoms with van der Waals surface area (Å²) in [5.41, 5.74) is 1.30. The van der Waals surface area contributed by atoms with Crippen molar-refractivity contribution in [2.24, 2.45) is 0 Å². The molecular formula is C18H20ClN3O3S. The molecule has 0 saturated carbocycles. The molecule has 1 heterocycles. The van der Waals surface area contributed by atoms with Gasteiger partial charge in [0, 0.05) is 36.8 Å². The molecule has 0 aromatic heterocycles. The fourth-order valence-corrected chi connectivity index (χ4v) is 4.35. The lowest BCUT2D eigenvalue weighted by Crippen LogP contribution is -2.46. The molecule has 1 aliphatic heterocycles. The van der Waals surface area contributed by atoms with E-state index in [1.807, 2.05) is 0 Å². The fraction of sp³-hybridized carbons (Fsp3) is 0.278. The van der Waals surface area contributed by atoms with E-state index in [4.69, 9.17) is 11.6 Å². The number of carbonyl (C=O) groups excluding carboxylic acids is 1. The van der Waals surface area contributed by atoms with E-state index < -0.39 is 10.0 Å². The SMILES string of the molecule is Cc1ccc(C(=O)N2CCNCC2)cc1S(=O)(=O)Nc1cccc(Cl)c1. The third-order valence-corrected chi connectivity index (χ3v) is 5.96. The zero-order valence-electron chi connectivity index (χ0n) is 14.3. The predicted octanol–water partition coefficient (Wildman–Crippen LogP) is 2.49. The van der Waals surface area contributed by atoms with Gasteiger partial charge in [-0.05, 0) is 42.8 Å². The van der Waals surface area contributed by atoms with E-state index in [1.165, 1.54) is 12.1 Å². The Hall–Kier alpha value is -2.09. The molecule has 2 aromatic carbocycles. The number of aryl methyl sites for hydroxylation is 1. The molecule has 138 valence electrons. The molecule has 26 heavy (non-hydrogen) atoms. The summed E-state index contributed by atoms with van der Waals surface area (Å²) in [5.74, 6) is -0.161. The van der Waals surface area contributed by atoms with Gasteiger partial charge in [-0.3, -0.25) is 9.52 Å². The molecule has 1 saturated heterocycles. The van der Waals surface area contributed by atoms with Crippen LogP contribution in [0.4, 0.5) is 5.69 Å². The molecule has 0 atom stereocenters. The summed E-state index contributed by atoms with van der Waals surface area (Å²) in [7, 11) is -3.84. The lowest BCUT2D eigenvalue weighted by molar-refractivity contribution is 0.0735. The van der Waals surface area contributed by atoms with Crippen LogP contribution in [0.5, 0.6) is 0 Å². The summed E-state index contributed by atoms with van der Waals surface area (Å²) in [4.78, 5) is 14.5. The van der Waals surface area contributed by atoms with Gasteiger partial charge in [-0.1, -0.05) is 23.7 Å². The molecule has 8 heteroatoms. The zero-order valence-corrected chi connectivity index (χ0v) is 15.9. The van der Waals surface area contributed by atoms with Crippen molar-refractivity contribution in [1.29, 1.82) is 0 Å². The van der Waals surface area contributed by atoms with Gasteiger partial charge in [-0.2, -0.15) is 0 Å². The van der Waals surface area contributed by atoms with E-state index in [0.29, 0.717) is 34.9 Å². The number of carbonyl (C=O) groups is 1. The minimum Gasteiger partial charge on any atom is -0.336 e. The highest BCUT2D eigenvalue weighted by Gasteiger charge is 2.22. The van der Waals surface area contributed by atoms with Crippen LogP contribution >= 0.6 is 11.6 Å². The van der Waals surface area contributed by atoms with Crippen molar-refractivity contribution in [3.8, 4) is 0 Å². The number of piperazine rings is 1. The molecule has 0 aliphatic carbocycles. The van der Waals surface area contributed by atoms with Crippen molar-refractivity contribution >= 4 is 33.2 Å². The monoisotopic (exact) mass is 393 g/mol. The molecule has 1 fully saturated rings. The van der Waals surface area contributed by atoms with Crippen LogP contribution in [-0.2, 0) is 10.0 Å². The lowest BCUT2D eigenvalue weighted by atomic mass is 10.1. The average Bonchev–Trinajstić information content (AvgIpc) is 2.62. The van der Waals surface area contributed by atoms with Crippen LogP contribution in [0.1, 0.15) is 15.9 Å². The van der Waals surface area contributed by atoms with Gasteiger partial charge >= 0.3 is 0 Å². The third kappa shape index (κ3) is 4.17. The normalized spacial score (nSPS) is 14.9. The number of anilines is 1. The van der Waals surface area contributed by atoms with Gasteiger partial charge < -0.3 is 10.2 Å². The highest BCUT2D eigenvalue weighted by molar-refractivity contribution is 7.92. The fourth-order valence-electron chi connectivity index (χ4n) is 2.84. The van der Waals surface area contributed by atoms with Crippen molar-refractivity contribution in [3.63, 3.8) is 0 Å². The lowest BCUT2D eigenvalue weighted by Gasteiger charge is -2.27. The van der Waals surface area contributed by atoms with Crippen molar-refractivity contribution < 1.29 is 13.2 Å². The van der Waals surface area contributed by atoms with E-state index in [1.54, 1.807) is 42.2 Å². The molecule has 1 aliphatic rings. The van der Waals surface area contributed by atoms with Crippen molar-refractivity contribution in [3.05, 3.63) is 58.6 Å². The van der Waals surface area contributed by atoms with Crippen LogP contribution in [0.15, 0.2) is 47.4 Å². The van der Waals surface area contributed by atoms with Crippen molar-refractivity contribution in [2.45, 2.75) is 11.8 Å². The van der Waals surface area contributed by atoms with Crippen LogP contribution in [0.2, 0.25) is 5.02 Å². The van der Waals surface area contributed by atoms with Gasteiger partial charge in [0.15, 0.2) is 0 Å². The second-order valence-electron chi connectivity index (χ2n) is 6.14. The molecule has 0 radical (unpaired) electrons. The van der Waals surface area contributed by atoms with E-state index in [-0.39, 0.29) is 10.8 Å². The highest BCUT2D eigenvalue weighted by atomic mass is 35.5. The molecular weight excluding hydrogens is 374 g/mol. The Kier molecular flexibility index (Phi) is 5.50. The molecule has 0 bridgehead atoms. The predicted molar refractivity (Wildman–Crippen MR) is 102 cm³/mol. The topological polar surface area (TPSA) is 78.5 Å². The van der Waals surface area contributed by atoms with E-state index in [2.05, 4.69) is 10.0 Å². The average molecular weight is 394 g/mol. The van der Waals surface area contributed by atoms with Crippen molar-refractivity contribution in [2.75, 3.05) is 30.9 Å². The van der Waals surface area contributed by atoms with Gasteiger partial charge in [-0.25, -0.2) is 8.42 Å². The maximum atomic E-state index is 12.8. The van der Waals surface area contributed by atoms with Crippen LogP contribution < -0.4 is 10.0 Å². The second kappa shape index (κ2) is 7.65. The Morgan fingerprint density at radius 1 is 1.15 bits per heavy atom. The molecule has 3 rings (SSSR count). The first-order valence-corrected chi connectivity index (χ1v) is 10.1. The summed E-state index contributed by atoms with van der Waals surface area (Å²) < 4.78 is 28.1. The quantitative estimate of drug-likeness (QED) is 0.836. The summed E-state index contributed by atoms with van der Waals surface area (Å²) >= 11 is 5.91. The Balaban J connectivity index is 1.90. The zero-order chi connectivity index (χ0) is 18.7. The molecule has 0 spiro atoms. The molecule has 6 nitrogen and oxygen atoms in total. The van der Waals surface area contributed by atoms with Gasteiger partial charge in [0.2, 0.25) is 0 Å². The molecule has 2 aromatic rings. The first-order chi connectivity index (χ1) is 12.4. The van der Waals surface area contributed by atoms with Gasteiger partial charge in [0.25, 0.3) is 15.9 Å². The van der Waals surface area contributed by atoms with Gasteiger partial charge in [0.05, 0.1) is 10.6 Å². The standard InChI is InChI=1S/C18H20ClN3O3S/c1-13-5-6-14(18(23)22-9-7-20-8-10-22)11-17(13)26(24,25)21-16-4-2-3-15(19)12-16/h2-6,11-12,20-21H,7-10H2,1H3. The van der Waals surface area contributed by atoms with Crippen LogP contribution in [-0.4, -0.2) is 45.4 Å². The first-order valence-electron chi connectivity index (χ1n) is 8.26. The van der Waals surface area contributed by atoms with E-state index in [0.717, 1.165) is 13.1 Å². The van der Waals surface area contributed by atoms with Crippen LogP contribution in [0.3, 0.4) is 0 Å². The number of rotatable bonds is 4. The maximum absolute atomic E-state index is 12.8. The summed E-state index contributed by atoms with van der Waals surface area (Å²) in [5, 5.41) is 3.62. The van der Waals surface area contributed by atoms with E-state index >= 15 is 0 Å². The number of hydrogen-bond acceptors (Lipinski definition) is 4. The summed E-state index contributed by atoms with van der Waals surface area (Å²) in [6.45, 7) is 4.38. The third-order valence-electron chi connectivity index (χ3n) is 4.21. The van der Waals surface area contributed by atoms with Crippen LogP contribution in [0.25, 0.3) is 0 Å². The Bertz CT molecular complexity index is 925. The van der Waals surface area contributed by atoms with Crippen molar-refractivity contribution in [1.82, 2.24) is 10.2 Å². The van der Waals surface area contributed by atoms with Gasteiger partial charge in [-0.15, -0.1) is 0 Å². The minimum atomic E-state index is -3.84. The minimum absolute atomic E-state index is 0.0819. The number of amides is 1. The number of hydrogen-bond donors (Lipinski definition) is 2. The smallest absolute Gasteiger partial charge is 0.262 e.